The lowest BCUT2D eigenvalue weighted by molar-refractivity contribution is -0.131. The quantitative estimate of drug-likeness (QED) is 0.467. The van der Waals surface area contributed by atoms with E-state index in [1.165, 1.54) is 0 Å². The molecule has 0 aliphatic heterocycles. The maximum atomic E-state index is 10.2. The van der Waals surface area contributed by atoms with E-state index in [4.69, 9.17) is 10.8 Å². The third-order valence-corrected chi connectivity index (χ3v) is 2.79. The largest absolute Gasteiger partial charge is 0.478 e. The van der Waals surface area contributed by atoms with Crippen molar-refractivity contribution in [1.82, 2.24) is 0 Å². The molecule has 0 unspecified atom stereocenters. The number of hydrogen-bond acceptors (Lipinski definition) is 3. The van der Waals surface area contributed by atoms with E-state index in [-0.39, 0.29) is 0 Å². The monoisotopic (exact) mass is 223 g/mol. The SMILES string of the molecule is Cc1cc(SC/C=C/C(=O)O)ccc1N. The Morgan fingerprint density at radius 3 is 2.93 bits per heavy atom. The Balaban J connectivity index is 2.51. The van der Waals surface area contributed by atoms with E-state index in [0.29, 0.717) is 5.75 Å². The summed E-state index contributed by atoms with van der Waals surface area (Å²) < 4.78 is 0. The number of nitrogens with two attached hydrogens (primary N) is 1. The van der Waals surface area contributed by atoms with Crippen LogP contribution in [0.4, 0.5) is 5.69 Å². The van der Waals surface area contributed by atoms with Crippen LogP contribution in [0.25, 0.3) is 0 Å². The number of anilines is 1. The van der Waals surface area contributed by atoms with Crippen LogP contribution < -0.4 is 5.73 Å². The molecule has 4 heteroatoms. The van der Waals surface area contributed by atoms with E-state index in [0.717, 1.165) is 22.2 Å². The van der Waals surface area contributed by atoms with Crippen LogP contribution in [0.15, 0.2) is 35.2 Å². The number of benzene rings is 1. The molecule has 80 valence electrons. The molecule has 0 saturated carbocycles. The Kier molecular flexibility index (Phi) is 4.24. The van der Waals surface area contributed by atoms with Gasteiger partial charge in [-0.25, -0.2) is 4.79 Å². The second-order valence-corrected chi connectivity index (χ2v) is 4.16. The number of nitrogen functional groups attached to an aromatic ring is 1. The molecule has 0 aromatic heterocycles. The highest BCUT2D eigenvalue weighted by Crippen LogP contribution is 2.22. The second kappa shape index (κ2) is 5.46. The van der Waals surface area contributed by atoms with Crippen molar-refractivity contribution in [2.45, 2.75) is 11.8 Å². The van der Waals surface area contributed by atoms with Gasteiger partial charge < -0.3 is 10.8 Å². The Morgan fingerprint density at radius 2 is 2.33 bits per heavy atom. The number of aryl methyl sites for hydroxylation is 1. The first kappa shape index (κ1) is 11.7. The molecule has 3 N–H and O–H groups in total. The summed E-state index contributed by atoms with van der Waals surface area (Å²) in [6, 6.07) is 5.79. The number of carbonyl (C=O) groups is 1. The summed E-state index contributed by atoms with van der Waals surface area (Å²) in [5.41, 5.74) is 7.50. The summed E-state index contributed by atoms with van der Waals surface area (Å²) >= 11 is 1.58. The van der Waals surface area contributed by atoms with Crippen molar-refractivity contribution in [1.29, 1.82) is 0 Å². The van der Waals surface area contributed by atoms with E-state index >= 15 is 0 Å². The zero-order valence-electron chi connectivity index (χ0n) is 8.43. The highest BCUT2D eigenvalue weighted by atomic mass is 32.2. The molecule has 0 saturated heterocycles. The van der Waals surface area contributed by atoms with Crippen LogP contribution in [0.2, 0.25) is 0 Å². The van der Waals surface area contributed by atoms with Crippen molar-refractivity contribution < 1.29 is 9.90 Å². The van der Waals surface area contributed by atoms with Gasteiger partial charge in [-0.15, -0.1) is 11.8 Å². The first-order valence-electron chi connectivity index (χ1n) is 4.48. The van der Waals surface area contributed by atoms with Crippen LogP contribution in [0, 0.1) is 6.92 Å². The number of carboxylic acid groups (broad SMARTS) is 1. The minimum Gasteiger partial charge on any atom is -0.478 e. The molecular formula is C11H13NO2S. The minimum absolute atomic E-state index is 0.648. The van der Waals surface area contributed by atoms with Crippen LogP contribution in [-0.2, 0) is 4.79 Å². The third kappa shape index (κ3) is 4.08. The van der Waals surface area contributed by atoms with Gasteiger partial charge in [0.25, 0.3) is 0 Å². The predicted octanol–water partition coefficient (Wildman–Crippen LogP) is 2.31. The molecule has 15 heavy (non-hydrogen) atoms. The van der Waals surface area contributed by atoms with E-state index in [1.54, 1.807) is 17.8 Å². The Bertz CT molecular complexity index is 388. The number of aliphatic carboxylic acids is 1. The van der Waals surface area contributed by atoms with E-state index in [1.807, 2.05) is 25.1 Å². The van der Waals surface area contributed by atoms with Crippen molar-refractivity contribution in [2.75, 3.05) is 11.5 Å². The molecule has 0 spiro atoms. The molecule has 1 aromatic rings. The molecule has 0 radical (unpaired) electrons. The van der Waals surface area contributed by atoms with Gasteiger partial charge in [-0.05, 0) is 30.7 Å². The van der Waals surface area contributed by atoms with Gasteiger partial charge in [0.15, 0.2) is 0 Å². The summed E-state index contributed by atoms with van der Waals surface area (Å²) in [7, 11) is 0. The van der Waals surface area contributed by atoms with Crippen molar-refractivity contribution >= 4 is 23.4 Å². The molecular weight excluding hydrogens is 210 g/mol. The summed E-state index contributed by atoms with van der Waals surface area (Å²) in [6.07, 6.45) is 2.77. The molecule has 1 aromatic carbocycles. The highest BCUT2D eigenvalue weighted by molar-refractivity contribution is 7.99. The normalized spacial score (nSPS) is 10.7. The van der Waals surface area contributed by atoms with Crippen molar-refractivity contribution in [3.63, 3.8) is 0 Å². The number of hydrogen-bond donors (Lipinski definition) is 2. The number of rotatable bonds is 4. The fourth-order valence-electron chi connectivity index (χ4n) is 1.03. The van der Waals surface area contributed by atoms with Gasteiger partial charge >= 0.3 is 5.97 Å². The molecule has 3 nitrogen and oxygen atoms in total. The molecule has 0 bridgehead atoms. The molecule has 0 amide bonds. The first-order chi connectivity index (χ1) is 7.09. The lowest BCUT2D eigenvalue weighted by atomic mass is 10.2. The van der Waals surface area contributed by atoms with Crippen LogP contribution >= 0.6 is 11.8 Å². The summed E-state index contributed by atoms with van der Waals surface area (Å²) in [5, 5.41) is 8.38. The summed E-state index contributed by atoms with van der Waals surface area (Å²) in [4.78, 5) is 11.3. The number of carboxylic acids is 1. The topological polar surface area (TPSA) is 63.3 Å². The van der Waals surface area contributed by atoms with E-state index in [2.05, 4.69) is 0 Å². The molecule has 1 rings (SSSR count). The predicted molar refractivity (Wildman–Crippen MR) is 63.1 cm³/mol. The van der Waals surface area contributed by atoms with Gasteiger partial charge in [0, 0.05) is 22.4 Å². The lowest BCUT2D eigenvalue weighted by Gasteiger charge is -2.02. The van der Waals surface area contributed by atoms with Gasteiger partial charge in [0.1, 0.15) is 0 Å². The Hall–Kier alpha value is -1.42. The van der Waals surface area contributed by atoms with Crippen LogP contribution in [0.1, 0.15) is 5.56 Å². The standard InChI is InChI=1S/C11H13NO2S/c1-8-7-9(4-5-10(8)12)15-6-2-3-11(13)14/h2-5,7H,6,12H2,1H3,(H,13,14)/b3-2+. The Morgan fingerprint density at radius 1 is 1.60 bits per heavy atom. The summed E-state index contributed by atoms with van der Waals surface area (Å²) in [5.74, 6) is -0.264. The fraction of sp³-hybridized carbons (Fsp3) is 0.182. The van der Waals surface area contributed by atoms with Gasteiger partial charge in [0.2, 0.25) is 0 Å². The summed E-state index contributed by atoms with van der Waals surface area (Å²) in [6.45, 7) is 1.95. The first-order valence-corrected chi connectivity index (χ1v) is 5.46. The zero-order chi connectivity index (χ0) is 11.3. The van der Waals surface area contributed by atoms with E-state index in [9.17, 15) is 4.79 Å². The number of thioether (sulfide) groups is 1. The zero-order valence-corrected chi connectivity index (χ0v) is 9.25. The van der Waals surface area contributed by atoms with E-state index < -0.39 is 5.97 Å². The maximum Gasteiger partial charge on any atom is 0.328 e. The third-order valence-electron chi connectivity index (χ3n) is 1.85. The molecule has 0 heterocycles. The smallest absolute Gasteiger partial charge is 0.328 e. The molecule has 0 aliphatic rings. The van der Waals surface area contributed by atoms with Gasteiger partial charge in [0.05, 0.1) is 0 Å². The molecule has 0 atom stereocenters. The average molecular weight is 223 g/mol. The lowest BCUT2D eigenvalue weighted by Crippen LogP contribution is -1.89. The van der Waals surface area contributed by atoms with Gasteiger partial charge in [-0.2, -0.15) is 0 Å². The highest BCUT2D eigenvalue weighted by Gasteiger charge is 1.96. The van der Waals surface area contributed by atoms with Crippen LogP contribution in [0.3, 0.4) is 0 Å². The van der Waals surface area contributed by atoms with Crippen molar-refractivity contribution in [2.24, 2.45) is 0 Å². The maximum absolute atomic E-state index is 10.2. The Labute approximate surface area is 93.0 Å². The molecule has 0 aliphatic carbocycles. The van der Waals surface area contributed by atoms with Crippen molar-refractivity contribution in [3.05, 3.63) is 35.9 Å². The second-order valence-electron chi connectivity index (χ2n) is 3.07. The van der Waals surface area contributed by atoms with Crippen molar-refractivity contribution in [3.8, 4) is 0 Å². The average Bonchev–Trinajstić information content (AvgIpc) is 2.18. The van der Waals surface area contributed by atoms with Crippen LogP contribution in [0.5, 0.6) is 0 Å². The van der Waals surface area contributed by atoms with Gasteiger partial charge in [-0.3, -0.25) is 0 Å². The van der Waals surface area contributed by atoms with Gasteiger partial charge in [-0.1, -0.05) is 6.08 Å². The van der Waals surface area contributed by atoms with Crippen LogP contribution in [-0.4, -0.2) is 16.8 Å². The fourth-order valence-corrected chi connectivity index (χ4v) is 1.84. The molecule has 0 fully saturated rings. The minimum atomic E-state index is -0.913.